The summed E-state index contributed by atoms with van der Waals surface area (Å²) in [5, 5.41) is 8.95. The van der Waals surface area contributed by atoms with Crippen molar-refractivity contribution in [3.8, 4) is 11.3 Å². The number of aromatic nitrogens is 4. The Labute approximate surface area is 155 Å². The Morgan fingerprint density at radius 3 is 2.62 bits per heavy atom. The van der Waals surface area contributed by atoms with E-state index < -0.39 is 0 Å². The van der Waals surface area contributed by atoms with Gasteiger partial charge in [-0.05, 0) is 48.7 Å². The molecular weight excluding hydrogens is 350 g/mol. The van der Waals surface area contributed by atoms with E-state index in [4.69, 9.17) is 11.6 Å². The molecule has 1 aliphatic rings. The fourth-order valence-corrected chi connectivity index (χ4v) is 3.23. The summed E-state index contributed by atoms with van der Waals surface area (Å²) in [6.07, 6.45) is 6.59. The summed E-state index contributed by atoms with van der Waals surface area (Å²) in [5.74, 6) is 0.593. The van der Waals surface area contributed by atoms with E-state index in [9.17, 15) is 4.79 Å². The average Bonchev–Trinajstić information content (AvgIpc) is 3.05. The maximum absolute atomic E-state index is 12.7. The van der Waals surface area contributed by atoms with Gasteiger partial charge >= 0.3 is 0 Å². The first-order valence-corrected chi connectivity index (χ1v) is 8.74. The van der Waals surface area contributed by atoms with E-state index in [1.807, 2.05) is 30.3 Å². The molecule has 1 atom stereocenters. The lowest BCUT2D eigenvalue weighted by atomic mass is 9.99. The minimum absolute atomic E-state index is 0.0698. The van der Waals surface area contributed by atoms with Gasteiger partial charge in [0.2, 0.25) is 5.91 Å². The standard InChI is InChI=1S/C19H16ClN5O/c20-17-3-1-13(12-22-17)11-15-7-10-25(19(15)26)18-4-2-16(23-24-18)14-5-8-21-9-6-14/h1-6,8-9,12,15H,7,10-11H2/t15-/m1/s1. The molecule has 7 heteroatoms. The van der Waals surface area contributed by atoms with Gasteiger partial charge in [0.15, 0.2) is 5.82 Å². The number of pyridine rings is 2. The first-order valence-electron chi connectivity index (χ1n) is 8.36. The molecule has 0 aliphatic carbocycles. The predicted octanol–water partition coefficient (Wildman–Crippen LogP) is 3.18. The van der Waals surface area contributed by atoms with Gasteiger partial charge in [0.05, 0.1) is 5.69 Å². The molecule has 1 amide bonds. The van der Waals surface area contributed by atoms with E-state index >= 15 is 0 Å². The lowest BCUT2D eigenvalue weighted by Crippen LogP contribution is -2.28. The van der Waals surface area contributed by atoms with Crippen molar-refractivity contribution in [1.82, 2.24) is 20.2 Å². The van der Waals surface area contributed by atoms with Crippen molar-refractivity contribution < 1.29 is 4.79 Å². The van der Waals surface area contributed by atoms with Crippen LogP contribution in [0, 0.1) is 5.92 Å². The topological polar surface area (TPSA) is 71.9 Å². The third-order valence-corrected chi connectivity index (χ3v) is 4.71. The summed E-state index contributed by atoms with van der Waals surface area (Å²) >= 11 is 5.81. The number of carbonyl (C=O) groups is 1. The average molecular weight is 366 g/mol. The maximum atomic E-state index is 12.7. The SMILES string of the molecule is O=C1[C@@H](Cc2ccc(Cl)nc2)CCN1c1ccc(-c2ccncc2)nn1. The van der Waals surface area contributed by atoms with Gasteiger partial charge in [-0.3, -0.25) is 14.7 Å². The zero-order valence-corrected chi connectivity index (χ0v) is 14.7. The maximum Gasteiger partial charge on any atom is 0.231 e. The van der Waals surface area contributed by atoms with Crippen LogP contribution in [-0.2, 0) is 11.2 Å². The molecule has 0 aromatic carbocycles. The third-order valence-electron chi connectivity index (χ3n) is 4.49. The fourth-order valence-electron chi connectivity index (χ4n) is 3.11. The molecule has 4 heterocycles. The van der Waals surface area contributed by atoms with Crippen molar-refractivity contribution in [1.29, 1.82) is 0 Å². The smallest absolute Gasteiger partial charge is 0.231 e. The normalized spacial score (nSPS) is 16.9. The molecule has 4 rings (SSSR count). The lowest BCUT2D eigenvalue weighted by molar-refractivity contribution is -0.120. The number of amides is 1. The van der Waals surface area contributed by atoms with Crippen LogP contribution >= 0.6 is 11.6 Å². The van der Waals surface area contributed by atoms with Gasteiger partial charge in [-0.1, -0.05) is 17.7 Å². The highest BCUT2D eigenvalue weighted by Crippen LogP contribution is 2.27. The van der Waals surface area contributed by atoms with Gasteiger partial charge < -0.3 is 0 Å². The summed E-state index contributed by atoms with van der Waals surface area (Å²) in [6, 6.07) is 11.1. The van der Waals surface area contributed by atoms with Gasteiger partial charge in [-0.25, -0.2) is 4.98 Å². The van der Waals surface area contributed by atoms with Crippen molar-refractivity contribution >= 4 is 23.3 Å². The summed E-state index contributed by atoms with van der Waals surface area (Å²) in [4.78, 5) is 22.5. The highest BCUT2D eigenvalue weighted by atomic mass is 35.5. The van der Waals surface area contributed by atoms with Crippen molar-refractivity contribution in [2.24, 2.45) is 5.92 Å². The zero-order valence-electron chi connectivity index (χ0n) is 13.9. The Morgan fingerprint density at radius 1 is 1.08 bits per heavy atom. The number of carbonyl (C=O) groups excluding carboxylic acids is 1. The van der Waals surface area contributed by atoms with Crippen LogP contribution in [0.5, 0.6) is 0 Å². The van der Waals surface area contributed by atoms with Gasteiger partial charge in [0.25, 0.3) is 0 Å². The Morgan fingerprint density at radius 2 is 1.92 bits per heavy atom. The summed E-state index contributed by atoms with van der Waals surface area (Å²) < 4.78 is 0. The first-order chi connectivity index (χ1) is 12.7. The van der Waals surface area contributed by atoms with E-state index in [-0.39, 0.29) is 11.8 Å². The second-order valence-electron chi connectivity index (χ2n) is 6.18. The summed E-state index contributed by atoms with van der Waals surface area (Å²) in [5.41, 5.74) is 2.71. The number of anilines is 1. The van der Waals surface area contributed by atoms with Crippen LogP contribution in [0.3, 0.4) is 0 Å². The highest BCUT2D eigenvalue weighted by Gasteiger charge is 2.33. The van der Waals surface area contributed by atoms with Gasteiger partial charge in [-0.15, -0.1) is 10.2 Å². The molecule has 1 aliphatic heterocycles. The van der Waals surface area contributed by atoms with Crippen molar-refractivity contribution in [3.05, 3.63) is 65.7 Å². The van der Waals surface area contributed by atoms with E-state index in [0.717, 1.165) is 23.2 Å². The number of halogens is 1. The first kappa shape index (κ1) is 16.6. The number of rotatable bonds is 4. The molecule has 1 saturated heterocycles. The van der Waals surface area contributed by atoms with Crippen molar-refractivity contribution in [2.45, 2.75) is 12.8 Å². The number of nitrogens with zero attached hydrogens (tertiary/aromatic N) is 5. The van der Waals surface area contributed by atoms with E-state index in [2.05, 4.69) is 20.2 Å². The van der Waals surface area contributed by atoms with Crippen molar-refractivity contribution in [3.63, 3.8) is 0 Å². The Balaban J connectivity index is 1.47. The summed E-state index contributed by atoms with van der Waals surface area (Å²) in [6.45, 7) is 0.647. The Bertz CT molecular complexity index is 899. The molecule has 0 bridgehead atoms. The van der Waals surface area contributed by atoms with Gasteiger partial charge in [0, 0.05) is 36.6 Å². The van der Waals surface area contributed by atoms with Crippen molar-refractivity contribution in [2.75, 3.05) is 11.4 Å². The predicted molar refractivity (Wildman–Crippen MR) is 98.7 cm³/mol. The quantitative estimate of drug-likeness (QED) is 0.664. The van der Waals surface area contributed by atoms with Crippen LogP contribution in [0.15, 0.2) is 55.0 Å². The van der Waals surface area contributed by atoms with Gasteiger partial charge in [0.1, 0.15) is 5.15 Å². The van der Waals surface area contributed by atoms with Crippen LogP contribution in [0.2, 0.25) is 5.15 Å². The summed E-state index contributed by atoms with van der Waals surface area (Å²) in [7, 11) is 0. The van der Waals surface area contributed by atoms with Crippen LogP contribution < -0.4 is 4.90 Å². The van der Waals surface area contributed by atoms with Crippen LogP contribution in [-0.4, -0.2) is 32.6 Å². The Hall–Kier alpha value is -2.86. The second-order valence-corrected chi connectivity index (χ2v) is 6.57. The van der Waals surface area contributed by atoms with Crippen LogP contribution in [0.1, 0.15) is 12.0 Å². The monoisotopic (exact) mass is 365 g/mol. The molecule has 3 aromatic heterocycles. The van der Waals surface area contributed by atoms with E-state index in [1.165, 1.54) is 0 Å². The molecule has 0 saturated carbocycles. The molecule has 6 nitrogen and oxygen atoms in total. The second kappa shape index (κ2) is 7.17. The zero-order chi connectivity index (χ0) is 17.9. The molecule has 0 radical (unpaired) electrons. The molecule has 0 unspecified atom stereocenters. The third kappa shape index (κ3) is 3.41. The number of hydrogen-bond acceptors (Lipinski definition) is 5. The van der Waals surface area contributed by atoms with Gasteiger partial charge in [-0.2, -0.15) is 0 Å². The molecule has 130 valence electrons. The molecule has 3 aromatic rings. The minimum Gasteiger partial charge on any atom is -0.295 e. The Kier molecular flexibility index (Phi) is 4.58. The van der Waals surface area contributed by atoms with E-state index in [1.54, 1.807) is 29.6 Å². The largest absolute Gasteiger partial charge is 0.295 e. The highest BCUT2D eigenvalue weighted by molar-refractivity contribution is 6.29. The molecule has 1 fully saturated rings. The molecule has 26 heavy (non-hydrogen) atoms. The lowest BCUT2D eigenvalue weighted by Gasteiger charge is -2.15. The molecular formula is C19H16ClN5O. The van der Waals surface area contributed by atoms with E-state index in [0.29, 0.717) is 23.9 Å². The molecule has 0 N–H and O–H groups in total. The number of hydrogen-bond donors (Lipinski definition) is 0. The minimum atomic E-state index is -0.0698. The molecule has 0 spiro atoms. The van der Waals surface area contributed by atoms with Crippen LogP contribution in [0.4, 0.5) is 5.82 Å². The fraction of sp³-hybridized carbons (Fsp3) is 0.211. The van der Waals surface area contributed by atoms with Crippen LogP contribution in [0.25, 0.3) is 11.3 Å².